The third kappa shape index (κ3) is 9.07. The maximum Gasteiger partial charge on any atom is 0.407 e. The van der Waals surface area contributed by atoms with Crippen molar-refractivity contribution in [2.24, 2.45) is 0 Å². The predicted octanol–water partition coefficient (Wildman–Crippen LogP) is 5.72. The first-order valence-electron chi connectivity index (χ1n) is 23.3. The monoisotopic (exact) mass is 924 g/mol. The second kappa shape index (κ2) is 17.0. The molecule has 0 unspecified atom stereocenters. The summed E-state index contributed by atoms with van der Waals surface area (Å²) < 4.78 is 54.2. The molecule has 67 heavy (non-hydrogen) atoms. The average molecular weight is 925 g/mol. The maximum atomic E-state index is 16.4. The van der Waals surface area contributed by atoms with Gasteiger partial charge in [0.05, 0.1) is 36.0 Å². The minimum atomic E-state index is -1.45. The van der Waals surface area contributed by atoms with Gasteiger partial charge in [-0.2, -0.15) is 14.9 Å². The van der Waals surface area contributed by atoms with Gasteiger partial charge in [0.1, 0.15) is 41.4 Å². The summed E-state index contributed by atoms with van der Waals surface area (Å²) in [6.45, 7) is 7.15. The molecule has 22 heteroatoms. The van der Waals surface area contributed by atoms with Crippen LogP contribution in [-0.2, 0) is 33.9 Å². The lowest BCUT2D eigenvalue weighted by atomic mass is 10.0. The van der Waals surface area contributed by atoms with E-state index in [1.54, 1.807) is 23.9 Å². The molecule has 5 aliphatic rings. The minimum absolute atomic E-state index is 0.169. The number of likely N-dealkylation sites (tertiary alicyclic amines) is 1. The highest BCUT2D eigenvalue weighted by Gasteiger charge is 2.46. The highest BCUT2D eigenvalue weighted by molar-refractivity contribution is 5.73. The highest BCUT2D eigenvalue weighted by Crippen LogP contribution is 2.41. The topological polar surface area (TPSA) is 222 Å². The summed E-state index contributed by atoms with van der Waals surface area (Å²) in [6, 6.07) is 7.34. The number of hydrogen-bond donors (Lipinski definition) is 6. The van der Waals surface area contributed by atoms with Crippen LogP contribution in [0.3, 0.4) is 0 Å². The van der Waals surface area contributed by atoms with Crippen LogP contribution in [-0.4, -0.2) is 117 Å². The van der Waals surface area contributed by atoms with Gasteiger partial charge in [-0.3, -0.25) is 10.00 Å². The molecule has 4 aliphatic carbocycles. The smallest absolute Gasteiger partial charge is 0.407 e. The zero-order valence-electron chi connectivity index (χ0n) is 37.7. The van der Waals surface area contributed by atoms with Crippen molar-refractivity contribution in [1.29, 1.82) is 0 Å². The normalized spacial score (nSPS) is 25.0. The molecule has 6 N–H and O–H groups in total. The summed E-state index contributed by atoms with van der Waals surface area (Å²) in [5.74, 6) is 0.791. The molecule has 0 bridgehead atoms. The Labute approximate surface area is 383 Å². The van der Waals surface area contributed by atoms with Crippen molar-refractivity contribution in [3.63, 3.8) is 0 Å². The zero-order chi connectivity index (χ0) is 46.0. The molecule has 0 radical (unpaired) electrons. The number of anilines is 4. The van der Waals surface area contributed by atoms with Crippen LogP contribution >= 0.6 is 0 Å². The molecule has 0 spiro atoms. The SMILES string of the molecule is COCc1cc2c(Nc3cc([C@@H]4CC[C@H](OC(=O)NC5(C)CC5)[C@@H]4F)[nH]n3)nc(C[n+]3[nH]c([C@@H]4CC[C@H](OC(=O)NC5(C)CC5)[C@H]4F)cc3Nc3nccc4nc(CN5CCC5)cn34)cn2n1. The van der Waals surface area contributed by atoms with E-state index in [4.69, 9.17) is 29.3 Å². The van der Waals surface area contributed by atoms with E-state index in [-0.39, 0.29) is 24.2 Å². The van der Waals surface area contributed by atoms with Gasteiger partial charge in [-0.1, -0.05) is 0 Å². The number of nitrogens with zero attached hydrogens (tertiary/aromatic N) is 9. The van der Waals surface area contributed by atoms with E-state index in [0.717, 1.165) is 56.7 Å². The van der Waals surface area contributed by atoms with Crippen LogP contribution in [0.1, 0.15) is 112 Å². The fraction of sp³-hybridized carbons (Fsp3) is 0.556. The molecule has 1 saturated heterocycles. The van der Waals surface area contributed by atoms with E-state index >= 15 is 8.78 Å². The molecular formula is C45H56F2N15O5+. The van der Waals surface area contributed by atoms with Gasteiger partial charge in [-0.25, -0.2) is 52.7 Å². The van der Waals surface area contributed by atoms with Gasteiger partial charge in [0, 0.05) is 60.7 Å². The number of alkyl halides is 2. The number of rotatable bonds is 16. The molecular weight excluding hydrogens is 869 g/mol. The summed E-state index contributed by atoms with van der Waals surface area (Å²) in [7, 11) is 1.60. The first kappa shape index (κ1) is 43.2. The number of H-pyrrole nitrogens is 2. The van der Waals surface area contributed by atoms with Crippen LogP contribution < -0.4 is 25.9 Å². The quantitative estimate of drug-likeness (QED) is 0.0640. The number of aromatic nitrogens is 10. The van der Waals surface area contributed by atoms with Crippen molar-refractivity contribution >= 4 is 46.8 Å². The number of hydrogen-bond acceptors (Lipinski definition) is 13. The summed E-state index contributed by atoms with van der Waals surface area (Å²) in [4.78, 5) is 42.2. The van der Waals surface area contributed by atoms with E-state index in [1.807, 2.05) is 53.5 Å². The molecule has 2 amide bonds. The zero-order valence-corrected chi connectivity index (χ0v) is 37.7. The Morgan fingerprint density at radius 2 is 1.57 bits per heavy atom. The van der Waals surface area contributed by atoms with Crippen LogP contribution in [0, 0.1) is 0 Å². The number of nitrogens with one attached hydrogen (secondary N) is 6. The average Bonchev–Trinajstić information content (AvgIpc) is 3.69. The highest BCUT2D eigenvalue weighted by atomic mass is 19.1. The maximum absolute atomic E-state index is 16.4. The molecule has 11 rings (SSSR count). The number of carbonyl (C=O) groups excluding carboxylic acids is 2. The van der Waals surface area contributed by atoms with E-state index in [9.17, 15) is 9.59 Å². The standard InChI is InChI=1S/C45H55F2N15O5/c1-44(10-11-44)53-42(63)66-33-7-5-28(38(33)46)30-18-35(56-55-30)51-40-32-17-25(24-65-3)57-61(32)22-27(50-40)23-62-37(52-41-48-14-9-36-49-26(21-60(36)41)20-59-15-4-16-59)19-31(58-62)29-6-8-34(39(29)47)67-43(64)54-45(2)12-13-45/h9,14,17-19,21-22,28-29,33-34,38-39H,4-8,10-13,15-16,20,23-24H2,1-3H3,(H5,48,49,50,51,52,53,54,55,56,57,58,63,64)/p+1/t28-,29-,33-,34-,38+,39-/m0/s1. The van der Waals surface area contributed by atoms with Crippen LogP contribution in [0.2, 0.25) is 0 Å². The van der Waals surface area contributed by atoms with Crippen LogP contribution in [0.4, 0.5) is 41.8 Å². The molecule has 6 aromatic heterocycles. The van der Waals surface area contributed by atoms with Crippen molar-refractivity contribution in [2.75, 3.05) is 30.8 Å². The largest absolute Gasteiger partial charge is 0.443 e. The van der Waals surface area contributed by atoms with Crippen molar-refractivity contribution < 1.29 is 37.3 Å². The Morgan fingerprint density at radius 1 is 0.866 bits per heavy atom. The molecule has 4 saturated carbocycles. The van der Waals surface area contributed by atoms with E-state index in [1.165, 1.54) is 6.42 Å². The number of ether oxygens (including phenoxy) is 3. The number of fused-ring (bicyclic) bond motifs is 2. The van der Waals surface area contributed by atoms with Gasteiger partial charge in [0.25, 0.3) is 0 Å². The summed E-state index contributed by atoms with van der Waals surface area (Å²) in [5, 5.41) is 28.2. The fourth-order valence-corrected chi connectivity index (χ4v) is 9.46. The summed E-state index contributed by atoms with van der Waals surface area (Å²) in [6.07, 6.45) is 6.05. The van der Waals surface area contributed by atoms with Crippen molar-refractivity contribution in [3.05, 3.63) is 71.3 Å². The Balaban J connectivity index is 0.873. The Hall–Kier alpha value is -6.42. The molecule has 6 aromatic rings. The van der Waals surface area contributed by atoms with E-state index in [2.05, 4.69) is 46.4 Å². The van der Waals surface area contributed by atoms with Crippen LogP contribution in [0.15, 0.2) is 42.9 Å². The second-order valence-electron chi connectivity index (χ2n) is 19.5. The lowest BCUT2D eigenvalue weighted by Crippen LogP contribution is -2.40. The molecule has 354 valence electrons. The first-order valence-corrected chi connectivity index (χ1v) is 23.3. The summed E-state index contributed by atoms with van der Waals surface area (Å²) in [5.41, 5.74) is 4.17. The van der Waals surface area contributed by atoms with Gasteiger partial charge in [0.15, 0.2) is 18.2 Å². The number of alkyl carbamates (subject to hydrolysis) is 2. The van der Waals surface area contributed by atoms with Crippen molar-refractivity contribution in [1.82, 2.24) is 59.8 Å². The first-order chi connectivity index (χ1) is 32.4. The molecule has 0 aromatic carbocycles. The number of methoxy groups -OCH3 is 1. The molecule has 5 fully saturated rings. The number of aromatic amines is 2. The Bertz CT molecular complexity index is 2810. The number of carbonyl (C=O) groups is 2. The number of imidazole rings is 1. The van der Waals surface area contributed by atoms with Gasteiger partial charge in [-0.15, -0.1) is 0 Å². The molecule has 7 heterocycles. The third-order valence-electron chi connectivity index (χ3n) is 14.0. The van der Waals surface area contributed by atoms with Gasteiger partial charge >= 0.3 is 24.0 Å². The Morgan fingerprint density at radius 3 is 2.22 bits per heavy atom. The number of halogens is 2. The van der Waals surface area contributed by atoms with Gasteiger partial charge in [-0.05, 0) is 96.9 Å². The predicted molar refractivity (Wildman–Crippen MR) is 238 cm³/mol. The van der Waals surface area contributed by atoms with Gasteiger partial charge < -0.3 is 30.2 Å². The fourth-order valence-electron chi connectivity index (χ4n) is 9.46. The molecule has 20 nitrogen and oxygen atoms in total. The van der Waals surface area contributed by atoms with Crippen LogP contribution in [0.5, 0.6) is 0 Å². The van der Waals surface area contributed by atoms with Gasteiger partial charge in [0.2, 0.25) is 0 Å². The third-order valence-corrected chi connectivity index (χ3v) is 14.0. The molecule has 1 aliphatic heterocycles. The minimum Gasteiger partial charge on any atom is -0.443 e. The Kier molecular flexibility index (Phi) is 11.0. The summed E-state index contributed by atoms with van der Waals surface area (Å²) >= 11 is 0. The van der Waals surface area contributed by atoms with E-state index < -0.39 is 48.6 Å². The van der Waals surface area contributed by atoms with Crippen LogP contribution in [0.25, 0.3) is 11.2 Å². The lowest BCUT2D eigenvalue weighted by Gasteiger charge is -2.29. The second-order valence-corrected chi connectivity index (χ2v) is 19.5. The van der Waals surface area contributed by atoms with Crippen molar-refractivity contribution in [2.45, 2.75) is 139 Å². The van der Waals surface area contributed by atoms with E-state index in [0.29, 0.717) is 77.4 Å². The van der Waals surface area contributed by atoms with Crippen molar-refractivity contribution in [3.8, 4) is 0 Å². The molecule has 6 atom stereocenters. The lowest BCUT2D eigenvalue weighted by molar-refractivity contribution is -0.730. The number of amides is 2.